The van der Waals surface area contributed by atoms with Crippen molar-refractivity contribution in [2.45, 2.75) is 6.92 Å². The van der Waals surface area contributed by atoms with Gasteiger partial charge in [0.2, 0.25) is 0 Å². The zero-order chi connectivity index (χ0) is 16.8. The van der Waals surface area contributed by atoms with Crippen LogP contribution in [0.25, 0.3) is 6.08 Å². The summed E-state index contributed by atoms with van der Waals surface area (Å²) in [4.78, 5) is 12.0. The summed E-state index contributed by atoms with van der Waals surface area (Å²) in [5.41, 5.74) is 2.38. The summed E-state index contributed by atoms with van der Waals surface area (Å²) in [5.74, 6) is 0.506. The Kier molecular flexibility index (Phi) is 6.07. The van der Waals surface area contributed by atoms with E-state index >= 15 is 0 Å². The van der Waals surface area contributed by atoms with Crippen molar-refractivity contribution in [3.05, 3.63) is 63.2 Å². The van der Waals surface area contributed by atoms with E-state index in [0.29, 0.717) is 16.5 Å². The first-order valence-corrected chi connectivity index (χ1v) is 8.00. The number of hydrogen-bond acceptors (Lipinski definition) is 2. The molecule has 0 aliphatic rings. The van der Waals surface area contributed by atoms with Gasteiger partial charge in [-0.2, -0.15) is 0 Å². The maximum absolute atomic E-state index is 12.0. The molecule has 0 saturated carbocycles. The largest absolute Gasteiger partial charge is 0.495 e. The lowest BCUT2D eigenvalue weighted by molar-refractivity contribution is 0.255. The number of anilines is 1. The van der Waals surface area contributed by atoms with E-state index in [-0.39, 0.29) is 6.03 Å². The molecule has 0 saturated heterocycles. The maximum atomic E-state index is 12.0. The molecule has 0 radical (unpaired) electrons. The second-order valence-corrected chi connectivity index (χ2v) is 6.11. The van der Waals surface area contributed by atoms with Gasteiger partial charge in [0.1, 0.15) is 5.75 Å². The highest BCUT2D eigenvalue weighted by Crippen LogP contribution is 2.30. The zero-order valence-corrected chi connectivity index (χ0v) is 15.0. The standard InChI is InChI=1S/C17H16BrClN2O2/c1-11-8-15(16(23-2)10-14(11)19)21-17(22)20-7-6-12-4-3-5-13(18)9-12/h3-10H,1-2H3,(H2,20,21,22)/b7-6+. The van der Waals surface area contributed by atoms with Crippen molar-refractivity contribution in [2.24, 2.45) is 0 Å². The van der Waals surface area contributed by atoms with E-state index < -0.39 is 0 Å². The third-order valence-corrected chi connectivity index (χ3v) is 3.97. The van der Waals surface area contributed by atoms with Gasteiger partial charge in [-0.15, -0.1) is 0 Å². The molecule has 2 rings (SSSR count). The van der Waals surface area contributed by atoms with Crippen molar-refractivity contribution < 1.29 is 9.53 Å². The third-order valence-electron chi connectivity index (χ3n) is 3.07. The van der Waals surface area contributed by atoms with Crippen molar-refractivity contribution in [3.8, 4) is 5.75 Å². The van der Waals surface area contributed by atoms with Gasteiger partial charge < -0.3 is 15.4 Å². The molecule has 120 valence electrons. The first-order chi connectivity index (χ1) is 11.0. The molecule has 2 aromatic carbocycles. The quantitative estimate of drug-likeness (QED) is 0.746. The molecule has 0 spiro atoms. The third kappa shape index (κ3) is 5.01. The molecule has 0 aliphatic heterocycles. The Hall–Kier alpha value is -1.98. The van der Waals surface area contributed by atoms with Crippen molar-refractivity contribution in [2.75, 3.05) is 12.4 Å². The van der Waals surface area contributed by atoms with Crippen molar-refractivity contribution in [1.29, 1.82) is 0 Å². The van der Waals surface area contributed by atoms with Crippen molar-refractivity contribution in [1.82, 2.24) is 5.32 Å². The molecule has 0 heterocycles. The van der Waals surface area contributed by atoms with Gasteiger partial charge in [-0.25, -0.2) is 4.79 Å². The van der Waals surface area contributed by atoms with Gasteiger partial charge in [0, 0.05) is 21.8 Å². The van der Waals surface area contributed by atoms with E-state index in [1.807, 2.05) is 31.2 Å². The number of amides is 2. The number of rotatable bonds is 4. The molecule has 4 nitrogen and oxygen atoms in total. The lowest BCUT2D eigenvalue weighted by Gasteiger charge is -2.12. The average Bonchev–Trinajstić information content (AvgIpc) is 2.50. The van der Waals surface area contributed by atoms with Crippen molar-refractivity contribution in [3.63, 3.8) is 0 Å². The predicted octanol–water partition coefficient (Wildman–Crippen LogP) is 5.21. The van der Waals surface area contributed by atoms with E-state index in [9.17, 15) is 4.79 Å². The molecule has 23 heavy (non-hydrogen) atoms. The number of carbonyl (C=O) groups excluding carboxylic acids is 1. The number of benzene rings is 2. The van der Waals surface area contributed by atoms with Crippen molar-refractivity contribution >= 4 is 45.3 Å². The smallest absolute Gasteiger partial charge is 0.323 e. The lowest BCUT2D eigenvalue weighted by Crippen LogP contribution is -2.24. The first-order valence-electron chi connectivity index (χ1n) is 6.83. The topological polar surface area (TPSA) is 50.4 Å². The van der Waals surface area contributed by atoms with E-state index in [0.717, 1.165) is 15.6 Å². The Morgan fingerprint density at radius 1 is 1.30 bits per heavy atom. The number of aryl methyl sites for hydroxylation is 1. The maximum Gasteiger partial charge on any atom is 0.323 e. The van der Waals surface area contributed by atoms with E-state index in [2.05, 4.69) is 26.6 Å². The van der Waals surface area contributed by atoms with Crippen LogP contribution in [0, 0.1) is 6.92 Å². The van der Waals surface area contributed by atoms with Crippen LogP contribution < -0.4 is 15.4 Å². The fourth-order valence-corrected chi connectivity index (χ4v) is 2.48. The number of hydrogen-bond donors (Lipinski definition) is 2. The molecule has 0 atom stereocenters. The minimum Gasteiger partial charge on any atom is -0.495 e. The summed E-state index contributed by atoms with van der Waals surface area (Å²) in [5, 5.41) is 5.97. The summed E-state index contributed by atoms with van der Waals surface area (Å²) in [7, 11) is 1.53. The second kappa shape index (κ2) is 8.04. The molecule has 2 amide bonds. The van der Waals surface area contributed by atoms with Crippen LogP contribution in [0.3, 0.4) is 0 Å². The number of halogens is 2. The van der Waals surface area contributed by atoms with Gasteiger partial charge in [0.05, 0.1) is 12.8 Å². The molecule has 2 aromatic rings. The number of methoxy groups -OCH3 is 1. The summed E-state index contributed by atoms with van der Waals surface area (Å²) in [6.07, 6.45) is 3.38. The highest BCUT2D eigenvalue weighted by Gasteiger charge is 2.09. The number of carbonyl (C=O) groups is 1. The summed E-state index contributed by atoms with van der Waals surface area (Å²) in [6.45, 7) is 1.86. The Balaban J connectivity index is 2.01. The Bertz CT molecular complexity index is 747. The molecule has 0 bridgehead atoms. The Labute approximate surface area is 148 Å². The summed E-state index contributed by atoms with van der Waals surface area (Å²) >= 11 is 9.44. The number of ether oxygens (including phenoxy) is 1. The molecule has 2 N–H and O–H groups in total. The van der Waals surface area contributed by atoms with Gasteiger partial charge in [-0.05, 0) is 42.3 Å². The van der Waals surface area contributed by atoms with Crippen LogP contribution in [0.2, 0.25) is 5.02 Å². The van der Waals surface area contributed by atoms with Gasteiger partial charge >= 0.3 is 6.03 Å². The van der Waals surface area contributed by atoms with Crippen LogP contribution in [0.15, 0.2) is 47.1 Å². The highest BCUT2D eigenvalue weighted by atomic mass is 79.9. The number of nitrogens with one attached hydrogen (secondary N) is 2. The number of urea groups is 1. The zero-order valence-electron chi connectivity index (χ0n) is 12.7. The van der Waals surface area contributed by atoms with Crippen LogP contribution >= 0.6 is 27.5 Å². The second-order valence-electron chi connectivity index (χ2n) is 4.79. The fraction of sp³-hybridized carbons (Fsp3) is 0.118. The first kappa shape index (κ1) is 17.4. The van der Waals surface area contributed by atoms with Crippen LogP contribution in [-0.4, -0.2) is 13.1 Å². The van der Waals surface area contributed by atoms with Crippen LogP contribution in [0.5, 0.6) is 5.75 Å². The van der Waals surface area contributed by atoms with Gasteiger partial charge in [0.15, 0.2) is 0 Å². The molecule has 0 aromatic heterocycles. The van der Waals surface area contributed by atoms with Gasteiger partial charge in [-0.3, -0.25) is 0 Å². The van der Waals surface area contributed by atoms with Gasteiger partial charge in [0.25, 0.3) is 0 Å². The SMILES string of the molecule is COc1cc(Cl)c(C)cc1NC(=O)N/C=C/c1cccc(Br)c1. The molecule has 0 aliphatic carbocycles. The van der Waals surface area contributed by atoms with E-state index in [4.69, 9.17) is 16.3 Å². The van der Waals surface area contributed by atoms with Crippen LogP contribution in [-0.2, 0) is 0 Å². The molecular formula is C17H16BrClN2O2. The minimum absolute atomic E-state index is 0.365. The van der Waals surface area contributed by atoms with E-state index in [1.165, 1.54) is 7.11 Å². The molecule has 6 heteroatoms. The minimum atomic E-state index is -0.365. The predicted molar refractivity (Wildman–Crippen MR) is 98.1 cm³/mol. The van der Waals surface area contributed by atoms with Gasteiger partial charge in [-0.1, -0.05) is 39.7 Å². The molecule has 0 unspecified atom stereocenters. The van der Waals surface area contributed by atoms with E-state index in [1.54, 1.807) is 24.4 Å². The average molecular weight is 396 g/mol. The summed E-state index contributed by atoms with van der Waals surface area (Å²) in [6, 6.07) is 10.8. The van der Waals surface area contributed by atoms with Crippen LogP contribution in [0.4, 0.5) is 10.5 Å². The highest BCUT2D eigenvalue weighted by molar-refractivity contribution is 9.10. The monoisotopic (exact) mass is 394 g/mol. The fourth-order valence-electron chi connectivity index (χ4n) is 1.91. The molecular weight excluding hydrogens is 380 g/mol. The molecule has 0 fully saturated rings. The van der Waals surface area contributed by atoms with Crippen LogP contribution in [0.1, 0.15) is 11.1 Å². The Morgan fingerprint density at radius 2 is 2.09 bits per heavy atom. The Morgan fingerprint density at radius 3 is 2.78 bits per heavy atom. The lowest BCUT2D eigenvalue weighted by atomic mass is 10.2. The normalized spacial score (nSPS) is 10.6. The summed E-state index contributed by atoms with van der Waals surface area (Å²) < 4.78 is 6.20.